The molecule has 0 spiro atoms. The summed E-state index contributed by atoms with van der Waals surface area (Å²) in [5.41, 5.74) is 0. The fourth-order valence-electron chi connectivity index (χ4n) is 0.796. The van der Waals surface area contributed by atoms with Crippen LogP contribution in [0.25, 0.3) is 0 Å². The van der Waals surface area contributed by atoms with Gasteiger partial charge in [-0.1, -0.05) is 11.8 Å². The van der Waals surface area contributed by atoms with Crippen LogP contribution in [0.15, 0.2) is 5.16 Å². The average molecular weight is 200 g/mol. The summed E-state index contributed by atoms with van der Waals surface area (Å²) in [5.74, 6) is 1.97. The van der Waals surface area contributed by atoms with Crippen molar-refractivity contribution in [1.82, 2.24) is 20.1 Å². The van der Waals surface area contributed by atoms with E-state index in [1.54, 1.807) is 11.8 Å². The molecule has 0 aliphatic heterocycles. The monoisotopic (exact) mass is 200 g/mol. The van der Waals surface area contributed by atoms with E-state index in [9.17, 15) is 0 Å². The van der Waals surface area contributed by atoms with Crippen LogP contribution in [0.2, 0.25) is 0 Å². The Kier molecular flexibility index (Phi) is 3.74. The Labute approximate surface area is 83.1 Å². The van der Waals surface area contributed by atoms with Crippen LogP contribution in [-0.2, 0) is 7.05 Å². The van der Waals surface area contributed by atoms with Crippen molar-refractivity contribution < 1.29 is 0 Å². The van der Waals surface area contributed by atoms with E-state index < -0.39 is 0 Å². The van der Waals surface area contributed by atoms with Gasteiger partial charge in [-0.15, -0.1) is 10.2 Å². The Morgan fingerprint density at radius 2 is 2.23 bits per heavy atom. The third-order valence-electron chi connectivity index (χ3n) is 2.01. The van der Waals surface area contributed by atoms with Crippen molar-refractivity contribution in [3.63, 3.8) is 0 Å². The van der Waals surface area contributed by atoms with Gasteiger partial charge in [0.15, 0.2) is 5.16 Å². The number of nitrogens with zero attached hydrogens (tertiary/aromatic N) is 3. The number of aryl methyl sites for hydroxylation is 1. The van der Waals surface area contributed by atoms with Crippen molar-refractivity contribution in [1.29, 1.82) is 0 Å². The molecule has 0 amide bonds. The molecule has 0 aliphatic rings. The summed E-state index contributed by atoms with van der Waals surface area (Å²) in [6.45, 7) is 4.11. The lowest BCUT2D eigenvalue weighted by molar-refractivity contribution is 0.674. The van der Waals surface area contributed by atoms with E-state index >= 15 is 0 Å². The zero-order valence-electron chi connectivity index (χ0n) is 8.53. The van der Waals surface area contributed by atoms with Crippen LogP contribution in [0.3, 0.4) is 0 Å². The Balaban J connectivity index is 2.50. The van der Waals surface area contributed by atoms with E-state index in [1.165, 1.54) is 0 Å². The van der Waals surface area contributed by atoms with Crippen molar-refractivity contribution in [2.24, 2.45) is 7.05 Å². The van der Waals surface area contributed by atoms with E-state index in [2.05, 4.69) is 22.4 Å². The largest absolute Gasteiger partial charge is 0.316 e. The Bertz CT molecular complexity index is 271. The SMILES string of the molecule is CNC(C)CSc1nnc(C)n1C. The molecule has 4 nitrogen and oxygen atoms in total. The maximum Gasteiger partial charge on any atom is 0.190 e. The molecule has 1 unspecified atom stereocenters. The van der Waals surface area contributed by atoms with E-state index in [1.807, 2.05) is 25.6 Å². The Morgan fingerprint density at radius 3 is 2.69 bits per heavy atom. The highest BCUT2D eigenvalue weighted by atomic mass is 32.2. The normalized spacial score (nSPS) is 13.2. The van der Waals surface area contributed by atoms with Crippen LogP contribution in [0.1, 0.15) is 12.7 Å². The Hall–Kier alpha value is -0.550. The second-order valence-electron chi connectivity index (χ2n) is 3.09. The molecule has 0 aromatic carbocycles. The smallest absolute Gasteiger partial charge is 0.190 e. The molecule has 1 aromatic heterocycles. The number of nitrogens with one attached hydrogen (secondary N) is 1. The first-order valence-electron chi connectivity index (χ1n) is 4.31. The zero-order chi connectivity index (χ0) is 9.84. The van der Waals surface area contributed by atoms with Gasteiger partial charge in [-0.2, -0.15) is 0 Å². The standard InChI is InChI=1S/C8H16N4S/c1-6(9-3)5-13-8-11-10-7(2)12(8)4/h6,9H,5H2,1-4H3. The molecule has 1 atom stereocenters. The van der Waals surface area contributed by atoms with E-state index in [0.717, 1.165) is 16.7 Å². The quantitative estimate of drug-likeness (QED) is 0.731. The molecular formula is C8H16N4S. The van der Waals surface area contributed by atoms with Crippen LogP contribution < -0.4 is 5.32 Å². The number of rotatable bonds is 4. The van der Waals surface area contributed by atoms with Crippen molar-refractivity contribution in [3.05, 3.63) is 5.82 Å². The van der Waals surface area contributed by atoms with E-state index in [4.69, 9.17) is 0 Å². The van der Waals surface area contributed by atoms with Gasteiger partial charge < -0.3 is 9.88 Å². The topological polar surface area (TPSA) is 42.7 Å². The molecule has 0 radical (unpaired) electrons. The van der Waals surface area contributed by atoms with Crippen LogP contribution >= 0.6 is 11.8 Å². The van der Waals surface area contributed by atoms with Crippen LogP contribution in [-0.4, -0.2) is 33.6 Å². The summed E-state index contributed by atoms with van der Waals surface area (Å²) < 4.78 is 2.01. The first-order valence-corrected chi connectivity index (χ1v) is 5.29. The summed E-state index contributed by atoms with van der Waals surface area (Å²) in [5, 5.41) is 12.2. The van der Waals surface area contributed by atoms with Crippen LogP contribution in [0, 0.1) is 6.92 Å². The molecule has 0 aliphatic carbocycles. The molecule has 1 N–H and O–H groups in total. The summed E-state index contributed by atoms with van der Waals surface area (Å²) in [7, 11) is 3.95. The third-order valence-corrected chi connectivity index (χ3v) is 3.29. The highest BCUT2D eigenvalue weighted by Crippen LogP contribution is 2.15. The summed E-state index contributed by atoms with van der Waals surface area (Å²) >= 11 is 1.73. The lowest BCUT2D eigenvalue weighted by atomic mass is 10.4. The lowest BCUT2D eigenvalue weighted by Gasteiger charge is -2.08. The van der Waals surface area contributed by atoms with Gasteiger partial charge in [0.05, 0.1) is 0 Å². The van der Waals surface area contributed by atoms with Gasteiger partial charge >= 0.3 is 0 Å². The van der Waals surface area contributed by atoms with Crippen LogP contribution in [0.4, 0.5) is 0 Å². The van der Waals surface area contributed by atoms with E-state index in [-0.39, 0.29) is 0 Å². The number of aromatic nitrogens is 3. The van der Waals surface area contributed by atoms with Gasteiger partial charge in [0.2, 0.25) is 0 Å². The third kappa shape index (κ3) is 2.70. The predicted molar refractivity (Wildman–Crippen MR) is 55.0 cm³/mol. The fraction of sp³-hybridized carbons (Fsp3) is 0.750. The lowest BCUT2D eigenvalue weighted by Crippen LogP contribution is -2.23. The van der Waals surface area contributed by atoms with Gasteiger partial charge in [-0.3, -0.25) is 0 Å². The molecule has 0 fully saturated rings. The first-order chi connectivity index (χ1) is 6.15. The molecule has 0 saturated carbocycles. The Morgan fingerprint density at radius 1 is 1.54 bits per heavy atom. The fourth-order valence-corrected chi connectivity index (χ4v) is 1.79. The van der Waals surface area contributed by atoms with Gasteiger partial charge in [-0.05, 0) is 20.9 Å². The molecule has 0 bridgehead atoms. The number of hydrogen-bond acceptors (Lipinski definition) is 4. The van der Waals surface area contributed by atoms with E-state index in [0.29, 0.717) is 6.04 Å². The van der Waals surface area contributed by atoms with Crippen molar-refractivity contribution in [3.8, 4) is 0 Å². The average Bonchev–Trinajstić information content (AvgIpc) is 2.44. The minimum absolute atomic E-state index is 0.502. The molecule has 5 heteroatoms. The van der Waals surface area contributed by atoms with Gasteiger partial charge in [0, 0.05) is 18.8 Å². The first kappa shape index (κ1) is 10.5. The van der Waals surface area contributed by atoms with Gasteiger partial charge in [0.25, 0.3) is 0 Å². The molecule has 1 heterocycles. The predicted octanol–water partition coefficient (Wildman–Crippen LogP) is 0.824. The van der Waals surface area contributed by atoms with Crippen LogP contribution in [0.5, 0.6) is 0 Å². The summed E-state index contributed by atoms with van der Waals surface area (Å²) in [4.78, 5) is 0. The highest BCUT2D eigenvalue weighted by Gasteiger charge is 2.06. The van der Waals surface area contributed by atoms with Gasteiger partial charge in [0.1, 0.15) is 5.82 Å². The van der Waals surface area contributed by atoms with Crippen molar-refractivity contribution >= 4 is 11.8 Å². The van der Waals surface area contributed by atoms with Crippen molar-refractivity contribution in [2.45, 2.75) is 25.0 Å². The zero-order valence-corrected chi connectivity index (χ0v) is 9.35. The highest BCUT2D eigenvalue weighted by molar-refractivity contribution is 7.99. The minimum atomic E-state index is 0.502. The molecular weight excluding hydrogens is 184 g/mol. The second kappa shape index (κ2) is 4.62. The summed E-state index contributed by atoms with van der Waals surface area (Å²) in [6.07, 6.45) is 0. The number of hydrogen-bond donors (Lipinski definition) is 1. The van der Waals surface area contributed by atoms with Crippen molar-refractivity contribution in [2.75, 3.05) is 12.8 Å². The molecule has 74 valence electrons. The van der Waals surface area contributed by atoms with Gasteiger partial charge in [-0.25, -0.2) is 0 Å². The molecule has 1 aromatic rings. The maximum absolute atomic E-state index is 4.07. The second-order valence-corrected chi connectivity index (χ2v) is 4.08. The molecule has 13 heavy (non-hydrogen) atoms. The molecule has 0 saturated heterocycles. The molecule has 1 rings (SSSR count). The number of thioether (sulfide) groups is 1. The maximum atomic E-state index is 4.07. The minimum Gasteiger partial charge on any atom is -0.316 e. The summed E-state index contributed by atoms with van der Waals surface area (Å²) in [6, 6.07) is 0.502.